The third-order valence-electron chi connectivity index (χ3n) is 29.3. The Morgan fingerprint density at radius 3 is 1.40 bits per heavy atom. The summed E-state index contributed by atoms with van der Waals surface area (Å²) in [6.45, 7) is -4.11. The zero-order chi connectivity index (χ0) is 34.9. The molecular formula is C50H54FeN2P2. The van der Waals surface area contributed by atoms with E-state index in [1.807, 2.05) is 0 Å². The molecule has 10 aliphatic heterocycles. The number of para-hydroxylation sites is 2. The number of benzene rings is 2. The summed E-state index contributed by atoms with van der Waals surface area (Å²) >= 11 is 0. The van der Waals surface area contributed by atoms with Crippen LogP contribution in [0.3, 0.4) is 0 Å². The van der Waals surface area contributed by atoms with Crippen LogP contribution in [-0.4, -0.2) is 27.4 Å². The molecule has 10 saturated heterocycles. The number of rotatable bonds is 7. The van der Waals surface area contributed by atoms with Gasteiger partial charge in [-0.25, -0.2) is 0 Å². The van der Waals surface area contributed by atoms with E-state index in [0.29, 0.717) is 4.31 Å². The van der Waals surface area contributed by atoms with Crippen molar-refractivity contribution in [3.8, 4) is 0 Å². The van der Waals surface area contributed by atoms with Crippen molar-refractivity contribution in [3.05, 3.63) is 84.2 Å². The Bertz CT molecular complexity index is 2830. The van der Waals surface area contributed by atoms with Crippen molar-refractivity contribution in [3.63, 3.8) is 0 Å². The molecule has 18 fully saturated rings. The van der Waals surface area contributed by atoms with Crippen LogP contribution in [0.15, 0.2) is 72.8 Å². The Kier molecular flexibility index (Phi) is 2.75. The monoisotopic (exact) mass is 800 g/mol. The quantitative estimate of drug-likeness (QED) is 0.137. The molecule has 6 atom stereocenters. The molecule has 8 saturated carbocycles. The molecule has 12 heterocycles. The second-order valence-corrected chi connectivity index (χ2v) is 52.7. The van der Waals surface area contributed by atoms with Gasteiger partial charge in [-0.15, -0.1) is 0 Å². The molecular weight excluding hydrogens is 746 g/mol. The summed E-state index contributed by atoms with van der Waals surface area (Å²) in [6, 6.07) is 28.1. The predicted molar refractivity (Wildman–Crippen MR) is 223 cm³/mol. The molecule has 0 radical (unpaired) electrons. The fraction of sp³-hybridized carbons (Fsp3) is 0.640. The number of fused-ring (bicyclic) bond motifs is 12. The molecule has 22 rings (SSSR count). The zero-order valence-electron chi connectivity index (χ0n) is 31.9. The molecule has 18 aliphatic rings. The van der Waals surface area contributed by atoms with Gasteiger partial charge in [-0.05, 0) is 0 Å². The summed E-state index contributed by atoms with van der Waals surface area (Å²) in [5, 5.41) is 2.47. The fourth-order valence-corrected chi connectivity index (χ4v) is 120. The number of pyridine rings is 2. The number of nitrogens with zero attached hydrogens (tertiary/aromatic N) is 2. The molecule has 2 aromatic heterocycles. The van der Waals surface area contributed by atoms with Crippen molar-refractivity contribution >= 4 is 39.0 Å². The van der Waals surface area contributed by atoms with Gasteiger partial charge in [0.2, 0.25) is 0 Å². The Morgan fingerprint density at radius 1 is 0.545 bits per heavy atom. The van der Waals surface area contributed by atoms with Crippen LogP contribution in [0.2, 0.25) is 47.2 Å². The van der Waals surface area contributed by atoms with E-state index in [2.05, 4.69) is 82.0 Å². The van der Waals surface area contributed by atoms with E-state index in [0.717, 1.165) is 67.8 Å². The zero-order valence-corrected chi connectivity index (χ0v) is 35.0. The van der Waals surface area contributed by atoms with Gasteiger partial charge in [0.1, 0.15) is 0 Å². The van der Waals surface area contributed by atoms with Crippen molar-refractivity contribution in [1.29, 1.82) is 0 Å². The summed E-state index contributed by atoms with van der Waals surface area (Å²) in [5.74, 6) is 8.83. The van der Waals surface area contributed by atoms with Gasteiger partial charge < -0.3 is 0 Å². The Labute approximate surface area is 319 Å². The maximum atomic E-state index is 5.87. The van der Waals surface area contributed by atoms with Crippen molar-refractivity contribution in [1.82, 2.24) is 9.97 Å². The van der Waals surface area contributed by atoms with Crippen molar-refractivity contribution in [2.75, 3.05) is 6.16 Å². The molecule has 2 aromatic carbocycles. The van der Waals surface area contributed by atoms with E-state index in [4.69, 9.17) is 9.97 Å². The normalized spacial score (nSPS) is 67.4. The maximum absolute atomic E-state index is 5.87. The molecule has 8 aliphatic carbocycles. The molecule has 4 aromatic rings. The van der Waals surface area contributed by atoms with E-state index in [1.54, 1.807) is 70.4 Å². The Hall–Kier alpha value is -1.36. The Morgan fingerprint density at radius 2 is 0.982 bits per heavy atom. The summed E-state index contributed by atoms with van der Waals surface area (Å²) in [6.07, 6.45) is 18.1. The van der Waals surface area contributed by atoms with Crippen molar-refractivity contribution < 1.29 is 6.51 Å². The minimum absolute atomic E-state index is 0.0450. The van der Waals surface area contributed by atoms with Gasteiger partial charge in [0, 0.05) is 0 Å². The second kappa shape index (κ2) is 5.37. The van der Waals surface area contributed by atoms with E-state index in [1.165, 1.54) is 66.9 Å². The summed E-state index contributed by atoms with van der Waals surface area (Å²) in [5.41, 5.74) is 7.49. The third kappa shape index (κ3) is 1.07. The van der Waals surface area contributed by atoms with Gasteiger partial charge in [0.25, 0.3) is 0 Å². The molecule has 1 spiro atoms. The van der Waals surface area contributed by atoms with Gasteiger partial charge in [0.15, 0.2) is 0 Å². The van der Waals surface area contributed by atoms with Crippen LogP contribution in [0, 0.1) is 47.3 Å². The van der Waals surface area contributed by atoms with Crippen LogP contribution < -0.4 is 0 Å². The van der Waals surface area contributed by atoms with Gasteiger partial charge in [-0.2, -0.15) is 0 Å². The van der Waals surface area contributed by atoms with E-state index in [-0.39, 0.29) is 13.1 Å². The van der Waals surface area contributed by atoms with E-state index >= 15 is 0 Å². The molecule has 55 heavy (non-hydrogen) atoms. The first-order valence-corrected chi connectivity index (χ1v) is 31.7. The molecule has 5 heteroatoms. The first kappa shape index (κ1) is 28.2. The summed E-state index contributed by atoms with van der Waals surface area (Å²) in [4.78, 5) is 21.8. The SMILES string of the molecule is PC(c1ccc2ccccc2n1)(c1ccc2ccccc2n1)[C]12[CH]3[CH]4[CH]5[C]1(CP(C1C6CC7CC(C6)CC1C7)C1C6CC7CC(C6)CC1C7)[Fe]45321678[CH]2[CH]1[CH]6[CH]7[CH]28. The third-order valence-corrected chi connectivity index (χ3v) is 78.5. The number of hydrogen-bond acceptors (Lipinski definition) is 2. The molecule has 6 unspecified atom stereocenters. The topological polar surface area (TPSA) is 25.8 Å². The Balaban J connectivity index is 0.860. The van der Waals surface area contributed by atoms with Gasteiger partial charge in [0.05, 0.1) is 0 Å². The van der Waals surface area contributed by atoms with Gasteiger partial charge in [-0.3, -0.25) is 0 Å². The van der Waals surface area contributed by atoms with Crippen LogP contribution in [-0.2, 0) is 11.7 Å². The van der Waals surface area contributed by atoms with Crippen LogP contribution in [0.1, 0.15) is 75.6 Å². The number of aromatic nitrogens is 2. The van der Waals surface area contributed by atoms with Crippen LogP contribution >= 0.6 is 17.2 Å². The van der Waals surface area contributed by atoms with Crippen LogP contribution in [0.4, 0.5) is 0 Å². The first-order chi connectivity index (χ1) is 26.8. The minimum atomic E-state index is -4.11. The van der Waals surface area contributed by atoms with Crippen molar-refractivity contribution in [2.45, 2.75) is 128 Å². The first-order valence-electron chi connectivity index (χ1n) is 23.2. The van der Waals surface area contributed by atoms with E-state index < -0.39 is 6.51 Å². The summed E-state index contributed by atoms with van der Waals surface area (Å²) in [7, 11) is 3.89. The van der Waals surface area contributed by atoms with Gasteiger partial charge in [-0.1, -0.05) is 0 Å². The second-order valence-electron chi connectivity index (χ2n) is 26.0. The molecule has 8 bridgehead atoms. The van der Waals surface area contributed by atoms with Gasteiger partial charge >= 0.3 is 321 Å². The predicted octanol–water partition coefficient (Wildman–Crippen LogP) is 13.2. The molecule has 0 amide bonds. The molecule has 2 nitrogen and oxygen atoms in total. The van der Waals surface area contributed by atoms with E-state index in [9.17, 15) is 0 Å². The average Bonchev–Trinajstić information content (AvgIpc) is 4.15. The standard InChI is InChI=1S/C45H49N2P2.C5H5.Fe/c48-45(41-14-12-31-6-1-3-10-39(31)46-41,42-15-13-32-7-2-4-11-40(32)47-42)38-9-5-8-33(38)26-49(43-34-18-27-16-28(20-34)21-35(43)19-27)44-36-22-29-17-30(24-36)25-37(44)23-29;1-2-4-5-3-1;/h1-15,27-30,34-37,43-44H,16-26,48H2;1-5H;. The number of hydrogen-bond donors (Lipinski definition) is 0. The van der Waals surface area contributed by atoms with Crippen molar-refractivity contribution in [2.24, 2.45) is 47.3 Å². The van der Waals surface area contributed by atoms with Crippen LogP contribution in [0.25, 0.3) is 21.8 Å². The molecule has 0 N–H and O–H groups in total. The summed E-state index contributed by atoms with van der Waals surface area (Å²) < 4.78 is 1.32. The molecule has 282 valence electrons. The fourth-order valence-electron chi connectivity index (χ4n) is 31.3. The average molecular weight is 801 g/mol. The van der Waals surface area contributed by atoms with Crippen LogP contribution in [0.5, 0.6) is 0 Å².